The van der Waals surface area contributed by atoms with Crippen molar-refractivity contribution >= 4 is 23.8 Å². The van der Waals surface area contributed by atoms with Crippen molar-refractivity contribution in [1.82, 2.24) is 4.90 Å². The summed E-state index contributed by atoms with van der Waals surface area (Å²) in [7, 11) is 0. The van der Waals surface area contributed by atoms with Gasteiger partial charge >= 0.3 is 12.0 Å². The molecular weight excluding hydrogens is 346 g/mol. The van der Waals surface area contributed by atoms with Gasteiger partial charge in [0.05, 0.1) is 31.9 Å². The van der Waals surface area contributed by atoms with E-state index in [0.717, 1.165) is 5.56 Å². The molecule has 27 heavy (non-hydrogen) atoms. The Balaban J connectivity index is 1.97. The topological polar surface area (TPSA) is 95.6 Å². The van der Waals surface area contributed by atoms with Gasteiger partial charge in [0.1, 0.15) is 5.76 Å². The molecule has 0 radical (unpaired) electrons. The van der Waals surface area contributed by atoms with Crippen LogP contribution in [0.3, 0.4) is 0 Å². The number of esters is 1. The number of benzene rings is 1. The first-order valence-electron chi connectivity index (χ1n) is 8.52. The van der Waals surface area contributed by atoms with E-state index in [1.807, 2.05) is 6.07 Å². The highest BCUT2D eigenvalue weighted by molar-refractivity contribution is 5.90. The van der Waals surface area contributed by atoms with Crippen molar-refractivity contribution in [3.8, 4) is 6.07 Å². The number of carbonyl (C=O) groups is 2. The molecule has 1 N–H and O–H groups in total. The minimum atomic E-state index is -0.402. The minimum absolute atomic E-state index is 0.228. The van der Waals surface area contributed by atoms with Crippen LogP contribution in [-0.4, -0.2) is 30.1 Å². The van der Waals surface area contributed by atoms with Gasteiger partial charge in [-0.2, -0.15) is 5.26 Å². The van der Waals surface area contributed by atoms with Gasteiger partial charge in [0.2, 0.25) is 0 Å². The van der Waals surface area contributed by atoms with Crippen molar-refractivity contribution in [1.29, 1.82) is 5.26 Å². The summed E-state index contributed by atoms with van der Waals surface area (Å²) in [5.41, 5.74) is 1.41. The van der Waals surface area contributed by atoms with Gasteiger partial charge in [-0.1, -0.05) is 12.1 Å². The van der Waals surface area contributed by atoms with Crippen LogP contribution in [0.25, 0.3) is 6.08 Å². The lowest BCUT2D eigenvalue weighted by Gasteiger charge is -2.21. The molecular formula is C20H21N3O4. The SMILES string of the molecule is CCOC(=O)/C=C/c1ccc(NC(=O)N(CCC#N)Cc2ccco2)cc1. The predicted octanol–water partition coefficient (Wildman–Crippen LogP) is 3.80. The fourth-order valence-corrected chi connectivity index (χ4v) is 2.26. The minimum Gasteiger partial charge on any atom is -0.467 e. The normalized spacial score (nSPS) is 10.4. The first-order valence-corrected chi connectivity index (χ1v) is 8.52. The second kappa shape index (κ2) is 10.5. The summed E-state index contributed by atoms with van der Waals surface area (Å²) in [6.07, 6.45) is 4.76. The molecule has 1 aromatic carbocycles. The molecule has 0 fully saturated rings. The molecule has 2 amide bonds. The molecule has 0 aliphatic carbocycles. The number of nitrogens with one attached hydrogen (secondary N) is 1. The average molecular weight is 367 g/mol. The number of nitrogens with zero attached hydrogens (tertiary/aromatic N) is 2. The fourth-order valence-electron chi connectivity index (χ4n) is 2.26. The first-order chi connectivity index (χ1) is 13.1. The van der Waals surface area contributed by atoms with E-state index in [4.69, 9.17) is 14.4 Å². The van der Waals surface area contributed by atoms with Crippen LogP contribution in [0.15, 0.2) is 53.2 Å². The van der Waals surface area contributed by atoms with Crippen LogP contribution in [0.2, 0.25) is 0 Å². The van der Waals surface area contributed by atoms with E-state index < -0.39 is 5.97 Å². The van der Waals surface area contributed by atoms with Crippen molar-refractivity contribution in [2.75, 3.05) is 18.5 Å². The Morgan fingerprint density at radius 2 is 2.07 bits per heavy atom. The van der Waals surface area contributed by atoms with Crippen LogP contribution in [0.5, 0.6) is 0 Å². The Hall–Kier alpha value is -3.53. The van der Waals surface area contributed by atoms with Gasteiger partial charge in [-0.05, 0) is 42.8 Å². The molecule has 0 spiro atoms. The smallest absolute Gasteiger partial charge is 0.330 e. The predicted molar refractivity (Wildman–Crippen MR) is 100 cm³/mol. The Kier molecular flexibility index (Phi) is 7.67. The third-order valence-corrected chi connectivity index (χ3v) is 3.57. The highest BCUT2D eigenvalue weighted by Crippen LogP contribution is 2.13. The molecule has 0 unspecified atom stereocenters. The highest BCUT2D eigenvalue weighted by atomic mass is 16.5. The molecule has 0 bridgehead atoms. The van der Waals surface area contributed by atoms with Crippen LogP contribution in [0.4, 0.5) is 10.5 Å². The molecule has 1 heterocycles. The van der Waals surface area contributed by atoms with E-state index in [2.05, 4.69) is 5.32 Å². The quantitative estimate of drug-likeness (QED) is 0.565. The molecule has 2 aromatic rings. The number of hydrogen-bond donors (Lipinski definition) is 1. The fraction of sp³-hybridized carbons (Fsp3) is 0.250. The number of nitriles is 1. The zero-order chi connectivity index (χ0) is 19.5. The highest BCUT2D eigenvalue weighted by Gasteiger charge is 2.15. The van der Waals surface area contributed by atoms with Gasteiger partial charge in [-0.25, -0.2) is 9.59 Å². The van der Waals surface area contributed by atoms with Crippen LogP contribution in [0.1, 0.15) is 24.7 Å². The van der Waals surface area contributed by atoms with Crippen LogP contribution in [-0.2, 0) is 16.1 Å². The second-order valence-electron chi connectivity index (χ2n) is 5.55. The molecule has 0 saturated heterocycles. The summed E-state index contributed by atoms with van der Waals surface area (Å²) in [5, 5.41) is 11.6. The third-order valence-electron chi connectivity index (χ3n) is 3.57. The van der Waals surface area contributed by atoms with Crippen molar-refractivity contribution in [3.05, 3.63) is 60.1 Å². The molecule has 1 aromatic heterocycles. The van der Waals surface area contributed by atoms with Crippen molar-refractivity contribution in [2.45, 2.75) is 19.9 Å². The van der Waals surface area contributed by atoms with E-state index in [1.54, 1.807) is 49.4 Å². The summed E-state index contributed by atoms with van der Waals surface area (Å²) in [6.45, 7) is 2.65. The number of carbonyl (C=O) groups excluding carboxylic acids is 2. The molecule has 7 nitrogen and oxygen atoms in total. The van der Waals surface area contributed by atoms with Gasteiger partial charge in [0.15, 0.2) is 0 Å². The van der Waals surface area contributed by atoms with E-state index in [1.165, 1.54) is 17.2 Å². The number of anilines is 1. The van der Waals surface area contributed by atoms with E-state index in [-0.39, 0.29) is 19.0 Å². The lowest BCUT2D eigenvalue weighted by molar-refractivity contribution is -0.137. The van der Waals surface area contributed by atoms with Gasteiger partial charge in [0, 0.05) is 18.3 Å². The van der Waals surface area contributed by atoms with Crippen molar-refractivity contribution < 1.29 is 18.7 Å². The summed E-state index contributed by atoms with van der Waals surface area (Å²) in [4.78, 5) is 25.3. The summed E-state index contributed by atoms with van der Waals surface area (Å²) in [6, 6.07) is 12.3. The molecule has 2 rings (SSSR count). The molecule has 0 aliphatic heterocycles. The second-order valence-corrected chi connectivity index (χ2v) is 5.55. The number of ether oxygens (including phenoxy) is 1. The maximum atomic E-state index is 12.5. The largest absolute Gasteiger partial charge is 0.467 e. The van der Waals surface area contributed by atoms with Gasteiger partial charge in [-0.3, -0.25) is 0 Å². The van der Waals surface area contributed by atoms with Crippen LogP contribution < -0.4 is 5.32 Å². The Morgan fingerprint density at radius 3 is 2.70 bits per heavy atom. The number of furan rings is 1. The van der Waals surface area contributed by atoms with Gasteiger partial charge < -0.3 is 19.4 Å². The first kappa shape index (κ1) is 19.8. The zero-order valence-electron chi connectivity index (χ0n) is 15.1. The Labute approximate surface area is 157 Å². The molecule has 0 aliphatic rings. The number of urea groups is 1. The summed E-state index contributed by atoms with van der Waals surface area (Å²) < 4.78 is 10.1. The van der Waals surface area contributed by atoms with E-state index in [0.29, 0.717) is 24.6 Å². The maximum absolute atomic E-state index is 12.5. The number of amides is 2. The zero-order valence-corrected chi connectivity index (χ0v) is 15.1. The van der Waals surface area contributed by atoms with Gasteiger partial charge in [0.25, 0.3) is 0 Å². The summed E-state index contributed by atoms with van der Waals surface area (Å²) in [5.74, 6) is 0.239. The van der Waals surface area contributed by atoms with Gasteiger partial charge in [-0.15, -0.1) is 0 Å². The molecule has 7 heteroatoms. The number of hydrogen-bond acceptors (Lipinski definition) is 5. The lowest BCUT2D eigenvalue weighted by atomic mass is 10.2. The van der Waals surface area contributed by atoms with Crippen LogP contribution in [0, 0.1) is 11.3 Å². The van der Waals surface area contributed by atoms with Crippen molar-refractivity contribution in [2.24, 2.45) is 0 Å². The Bertz CT molecular complexity index is 805. The standard InChI is InChI=1S/C20H21N3O4/c1-2-26-19(24)11-8-16-6-9-17(10-7-16)22-20(25)23(13-4-12-21)15-18-5-3-14-27-18/h3,5-11,14H,2,4,13,15H2,1H3,(H,22,25)/b11-8+. The summed E-state index contributed by atoms with van der Waals surface area (Å²) >= 11 is 0. The molecule has 0 atom stereocenters. The van der Waals surface area contributed by atoms with Crippen molar-refractivity contribution in [3.63, 3.8) is 0 Å². The van der Waals surface area contributed by atoms with E-state index in [9.17, 15) is 9.59 Å². The monoisotopic (exact) mass is 367 g/mol. The number of rotatable bonds is 8. The van der Waals surface area contributed by atoms with E-state index >= 15 is 0 Å². The third kappa shape index (κ3) is 6.71. The maximum Gasteiger partial charge on any atom is 0.330 e. The van der Waals surface area contributed by atoms with Crippen LogP contribution >= 0.6 is 0 Å². The Morgan fingerprint density at radius 1 is 1.30 bits per heavy atom. The average Bonchev–Trinajstić information content (AvgIpc) is 3.18. The lowest BCUT2D eigenvalue weighted by Crippen LogP contribution is -2.35. The molecule has 0 saturated carbocycles. The molecule has 140 valence electrons.